The van der Waals surface area contributed by atoms with E-state index in [1.807, 2.05) is 0 Å². The van der Waals surface area contributed by atoms with Crippen LogP contribution >= 0.6 is 0 Å². The zero-order valence-electron chi connectivity index (χ0n) is 14.8. The summed E-state index contributed by atoms with van der Waals surface area (Å²) in [6.07, 6.45) is -1.48. The van der Waals surface area contributed by atoms with E-state index in [9.17, 15) is 22.8 Å². The largest absolute Gasteiger partial charge is 0.366 e. The molecule has 148 valence electrons. The van der Waals surface area contributed by atoms with Gasteiger partial charge in [-0.2, -0.15) is 0 Å². The number of benzene rings is 1. The fourth-order valence-electron chi connectivity index (χ4n) is 3.21. The molecule has 0 bridgehead atoms. The number of morpholine rings is 1. The molecule has 2 saturated heterocycles. The number of likely N-dealkylation sites (tertiary alicyclic amines) is 1. The van der Waals surface area contributed by atoms with Crippen LogP contribution in [0.4, 0.5) is 18.9 Å². The highest BCUT2D eigenvalue weighted by Gasteiger charge is 2.38. The second-order valence-corrected chi connectivity index (χ2v) is 6.80. The van der Waals surface area contributed by atoms with Gasteiger partial charge in [0.1, 0.15) is 11.9 Å². The molecule has 1 atom stereocenters. The maximum atomic E-state index is 13.6. The number of anilines is 1. The van der Waals surface area contributed by atoms with E-state index in [0.717, 1.165) is 0 Å². The highest BCUT2D eigenvalue weighted by molar-refractivity contribution is 5.92. The molecule has 1 unspecified atom stereocenters. The molecule has 0 saturated carbocycles. The summed E-state index contributed by atoms with van der Waals surface area (Å²) < 4.78 is 45.6. The molecule has 2 aliphatic heterocycles. The van der Waals surface area contributed by atoms with Gasteiger partial charge in [0.15, 0.2) is 0 Å². The first-order chi connectivity index (χ1) is 12.8. The van der Waals surface area contributed by atoms with Crippen LogP contribution in [0.15, 0.2) is 24.3 Å². The number of para-hydroxylation sites is 1. The lowest BCUT2D eigenvalue weighted by atomic mass is 10.1. The summed E-state index contributed by atoms with van der Waals surface area (Å²) in [6.45, 7) is 0.884. The standard InChI is InChI=1S/C18H22F3N3O3/c19-13-3-1-2-4-14(13)22-16(25)12-23-9-10-27-15(11-23)17(26)24-7-5-18(20,21)6-8-24/h1-4,15H,5-12H2,(H,22,25). The molecule has 1 aromatic carbocycles. The number of carbonyl (C=O) groups is 2. The molecular formula is C18H22F3N3O3. The van der Waals surface area contributed by atoms with Crippen molar-refractivity contribution >= 4 is 17.5 Å². The second kappa shape index (κ2) is 8.26. The lowest BCUT2D eigenvalue weighted by Crippen LogP contribution is -2.54. The Morgan fingerprint density at radius 2 is 1.89 bits per heavy atom. The van der Waals surface area contributed by atoms with Gasteiger partial charge >= 0.3 is 0 Å². The van der Waals surface area contributed by atoms with Crippen molar-refractivity contribution in [2.45, 2.75) is 24.9 Å². The number of alkyl halides is 2. The van der Waals surface area contributed by atoms with Gasteiger partial charge in [0.2, 0.25) is 5.91 Å². The lowest BCUT2D eigenvalue weighted by molar-refractivity contribution is -0.155. The van der Waals surface area contributed by atoms with Crippen LogP contribution in [0.25, 0.3) is 0 Å². The predicted octanol–water partition coefficient (Wildman–Crippen LogP) is 1.72. The van der Waals surface area contributed by atoms with Crippen LogP contribution in [-0.2, 0) is 14.3 Å². The number of nitrogens with one attached hydrogen (secondary N) is 1. The molecule has 6 nitrogen and oxygen atoms in total. The minimum absolute atomic E-state index is 0.000532. The van der Waals surface area contributed by atoms with Crippen LogP contribution < -0.4 is 5.32 Å². The van der Waals surface area contributed by atoms with E-state index >= 15 is 0 Å². The van der Waals surface area contributed by atoms with Gasteiger partial charge in [-0.1, -0.05) is 12.1 Å². The summed E-state index contributed by atoms with van der Waals surface area (Å²) in [7, 11) is 0. The molecule has 27 heavy (non-hydrogen) atoms. The number of nitrogens with zero attached hydrogens (tertiary/aromatic N) is 2. The van der Waals surface area contributed by atoms with E-state index in [1.54, 1.807) is 11.0 Å². The van der Waals surface area contributed by atoms with E-state index in [2.05, 4.69) is 5.32 Å². The molecule has 1 N–H and O–H groups in total. The molecule has 0 radical (unpaired) electrons. The van der Waals surface area contributed by atoms with Crippen molar-refractivity contribution in [3.05, 3.63) is 30.1 Å². The molecule has 0 aliphatic carbocycles. The number of hydrogen-bond donors (Lipinski definition) is 1. The summed E-state index contributed by atoms with van der Waals surface area (Å²) in [5, 5.41) is 2.50. The van der Waals surface area contributed by atoms with Crippen LogP contribution in [0, 0.1) is 5.82 Å². The first kappa shape index (κ1) is 19.6. The number of carbonyl (C=O) groups excluding carboxylic acids is 2. The number of ether oxygens (including phenoxy) is 1. The highest BCUT2D eigenvalue weighted by atomic mass is 19.3. The van der Waals surface area contributed by atoms with Crippen LogP contribution in [0.5, 0.6) is 0 Å². The highest BCUT2D eigenvalue weighted by Crippen LogP contribution is 2.28. The Morgan fingerprint density at radius 3 is 2.59 bits per heavy atom. The minimum atomic E-state index is -2.72. The quantitative estimate of drug-likeness (QED) is 0.858. The van der Waals surface area contributed by atoms with E-state index in [1.165, 1.54) is 23.1 Å². The maximum Gasteiger partial charge on any atom is 0.253 e. The summed E-state index contributed by atoms with van der Waals surface area (Å²) in [6, 6.07) is 5.86. The van der Waals surface area contributed by atoms with E-state index in [4.69, 9.17) is 4.74 Å². The van der Waals surface area contributed by atoms with Crippen molar-refractivity contribution in [2.75, 3.05) is 44.6 Å². The molecule has 0 aromatic heterocycles. The Hall–Kier alpha value is -2.13. The Bertz CT molecular complexity index is 691. The van der Waals surface area contributed by atoms with Gasteiger partial charge < -0.3 is 15.0 Å². The number of hydrogen-bond acceptors (Lipinski definition) is 4. The predicted molar refractivity (Wildman–Crippen MR) is 92.0 cm³/mol. The SMILES string of the molecule is O=C(CN1CCOC(C(=O)N2CCC(F)(F)CC2)C1)Nc1ccccc1F. The maximum absolute atomic E-state index is 13.6. The topological polar surface area (TPSA) is 61.9 Å². The summed E-state index contributed by atoms with van der Waals surface area (Å²) in [5.41, 5.74) is 0.0950. The average molecular weight is 385 g/mol. The first-order valence-corrected chi connectivity index (χ1v) is 8.89. The summed E-state index contributed by atoms with van der Waals surface area (Å²) >= 11 is 0. The third-order valence-corrected chi connectivity index (χ3v) is 4.75. The zero-order valence-corrected chi connectivity index (χ0v) is 14.8. The van der Waals surface area contributed by atoms with Gasteiger partial charge in [0, 0.05) is 39.0 Å². The molecule has 2 aliphatic rings. The third-order valence-electron chi connectivity index (χ3n) is 4.75. The Labute approximate surface area is 155 Å². The van der Waals surface area contributed by atoms with Crippen molar-refractivity contribution in [2.24, 2.45) is 0 Å². The third kappa shape index (κ3) is 5.20. The number of halogens is 3. The van der Waals surface area contributed by atoms with E-state index in [0.29, 0.717) is 6.54 Å². The van der Waals surface area contributed by atoms with Crippen LogP contribution in [0.1, 0.15) is 12.8 Å². The fraction of sp³-hybridized carbons (Fsp3) is 0.556. The van der Waals surface area contributed by atoms with Crippen molar-refractivity contribution < 1.29 is 27.5 Å². The van der Waals surface area contributed by atoms with E-state index < -0.39 is 23.8 Å². The smallest absolute Gasteiger partial charge is 0.253 e. The van der Waals surface area contributed by atoms with Gasteiger partial charge in [-0.3, -0.25) is 14.5 Å². The number of amides is 2. The second-order valence-electron chi connectivity index (χ2n) is 6.80. The average Bonchev–Trinajstić information content (AvgIpc) is 2.63. The lowest BCUT2D eigenvalue weighted by Gasteiger charge is -2.37. The first-order valence-electron chi connectivity index (χ1n) is 8.89. The molecule has 1 aromatic rings. The van der Waals surface area contributed by atoms with Gasteiger partial charge in [-0.25, -0.2) is 13.2 Å². The van der Waals surface area contributed by atoms with E-state index in [-0.39, 0.29) is 57.2 Å². The van der Waals surface area contributed by atoms with Crippen molar-refractivity contribution in [1.82, 2.24) is 9.80 Å². The summed E-state index contributed by atoms with van der Waals surface area (Å²) in [4.78, 5) is 27.8. The Kier molecular flexibility index (Phi) is 6.01. The molecule has 2 amide bonds. The Balaban J connectivity index is 1.51. The van der Waals surface area contributed by atoms with Crippen molar-refractivity contribution in [3.8, 4) is 0 Å². The summed E-state index contributed by atoms with van der Waals surface area (Å²) in [5.74, 6) is -3.97. The van der Waals surface area contributed by atoms with Gasteiger partial charge in [0.25, 0.3) is 11.8 Å². The van der Waals surface area contributed by atoms with Crippen LogP contribution in [-0.4, -0.2) is 73.0 Å². The fourth-order valence-corrected chi connectivity index (χ4v) is 3.21. The minimum Gasteiger partial charge on any atom is -0.366 e. The molecule has 9 heteroatoms. The number of piperidine rings is 1. The van der Waals surface area contributed by atoms with Crippen LogP contribution in [0.3, 0.4) is 0 Å². The van der Waals surface area contributed by atoms with Crippen LogP contribution in [0.2, 0.25) is 0 Å². The zero-order chi connectivity index (χ0) is 19.4. The van der Waals surface area contributed by atoms with Crippen molar-refractivity contribution in [1.29, 1.82) is 0 Å². The number of rotatable bonds is 4. The molecule has 0 spiro atoms. The monoisotopic (exact) mass is 385 g/mol. The van der Waals surface area contributed by atoms with Gasteiger partial charge in [-0.05, 0) is 12.1 Å². The molecule has 3 rings (SSSR count). The van der Waals surface area contributed by atoms with Crippen molar-refractivity contribution in [3.63, 3.8) is 0 Å². The molecule has 2 heterocycles. The normalized spacial score (nSPS) is 23.1. The molecular weight excluding hydrogens is 363 g/mol. The van der Waals surface area contributed by atoms with Gasteiger partial charge in [-0.15, -0.1) is 0 Å². The molecule has 2 fully saturated rings. The Morgan fingerprint density at radius 1 is 1.19 bits per heavy atom. The van der Waals surface area contributed by atoms with Gasteiger partial charge in [0.05, 0.1) is 18.8 Å².